The second kappa shape index (κ2) is 8.86. The van der Waals surface area contributed by atoms with Crippen molar-refractivity contribution in [3.63, 3.8) is 0 Å². The van der Waals surface area contributed by atoms with Gasteiger partial charge in [-0.25, -0.2) is 9.69 Å². The lowest BCUT2D eigenvalue weighted by molar-refractivity contribution is -0.130. The average molecular weight is 453 g/mol. The van der Waals surface area contributed by atoms with Crippen LogP contribution >= 0.6 is 0 Å². The lowest BCUT2D eigenvalue weighted by Crippen LogP contribution is -2.24. The topological polar surface area (TPSA) is 80.0 Å². The van der Waals surface area contributed by atoms with Crippen molar-refractivity contribution in [1.29, 1.82) is 0 Å². The van der Waals surface area contributed by atoms with E-state index in [1.165, 1.54) is 11.9 Å². The van der Waals surface area contributed by atoms with Gasteiger partial charge in [-0.15, -0.1) is 0 Å². The molecule has 0 saturated heterocycles. The fraction of sp³-hybridized carbons (Fsp3) is 0.148. The average Bonchev–Trinajstić information content (AvgIpc) is 3.50. The molecule has 3 aromatic carbocycles. The number of methoxy groups -OCH3 is 1. The molecule has 7 heteroatoms. The molecule has 2 heterocycles. The van der Waals surface area contributed by atoms with E-state index in [-0.39, 0.29) is 17.7 Å². The summed E-state index contributed by atoms with van der Waals surface area (Å²) in [5.41, 5.74) is 5.03. The molecule has 0 aliphatic carbocycles. The fourth-order valence-electron chi connectivity index (χ4n) is 4.22. The highest BCUT2D eigenvalue weighted by Gasteiger charge is 2.34. The Bertz CT molecular complexity index is 1360. The third-order valence-corrected chi connectivity index (χ3v) is 5.90. The molecular formula is C27H24N4O3. The number of nitrogens with zero attached hydrogens (tertiary/aromatic N) is 4. The van der Waals surface area contributed by atoms with Crippen LogP contribution in [0.4, 0.5) is 0 Å². The molecule has 1 aromatic heterocycles. The van der Waals surface area contributed by atoms with Crippen molar-refractivity contribution in [1.82, 2.24) is 14.8 Å². The van der Waals surface area contributed by atoms with Crippen molar-refractivity contribution in [3.8, 4) is 28.4 Å². The predicted octanol–water partition coefficient (Wildman–Crippen LogP) is 4.95. The molecule has 4 aromatic rings. The fourth-order valence-corrected chi connectivity index (χ4v) is 4.22. The summed E-state index contributed by atoms with van der Waals surface area (Å²) in [5, 5.41) is 21.0. The molecule has 5 rings (SSSR count). The molecule has 7 nitrogen and oxygen atoms in total. The predicted molar refractivity (Wildman–Crippen MR) is 130 cm³/mol. The molecular weight excluding hydrogens is 428 g/mol. The third kappa shape index (κ3) is 4.03. The third-order valence-electron chi connectivity index (χ3n) is 5.90. The number of hydrogen-bond donors (Lipinski definition) is 1. The molecule has 0 bridgehead atoms. The van der Waals surface area contributed by atoms with Gasteiger partial charge in [0.25, 0.3) is 0 Å². The Morgan fingerprint density at radius 2 is 1.76 bits per heavy atom. The van der Waals surface area contributed by atoms with Crippen LogP contribution in [0, 0.1) is 0 Å². The highest BCUT2D eigenvalue weighted by atomic mass is 16.5. The second-order valence-corrected chi connectivity index (χ2v) is 8.12. The number of ether oxygens (including phenoxy) is 1. The molecule has 34 heavy (non-hydrogen) atoms. The normalized spacial score (nSPS) is 15.3. The SMILES string of the molecule is COc1ccc(-c2nn(-c3ccccc3)cc2[C@H]2CC(c3cccc(O)c3)=NN2C(C)=O)cc1. The Hall–Kier alpha value is -4.39. The molecule has 0 fully saturated rings. The Morgan fingerprint density at radius 1 is 1.00 bits per heavy atom. The van der Waals surface area contributed by atoms with E-state index in [4.69, 9.17) is 9.84 Å². The van der Waals surface area contributed by atoms with Crippen LogP contribution in [0.2, 0.25) is 0 Å². The van der Waals surface area contributed by atoms with Crippen LogP contribution < -0.4 is 4.74 Å². The van der Waals surface area contributed by atoms with E-state index in [9.17, 15) is 9.90 Å². The van der Waals surface area contributed by atoms with E-state index in [1.54, 1.807) is 25.3 Å². The van der Waals surface area contributed by atoms with Crippen molar-refractivity contribution in [2.45, 2.75) is 19.4 Å². The van der Waals surface area contributed by atoms with Crippen LogP contribution in [0.15, 0.2) is 90.2 Å². The number of aromatic nitrogens is 2. The number of aromatic hydroxyl groups is 1. The molecule has 1 amide bonds. The largest absolute Gasteiger partial charge is 0.508 e. The van der Waals surface area contributed by atoms with E-state index in [0.29, 0.717) is 6.42 Å². The van der Waals surface area contributed by atoms with Crippen molar-refractivity contribution in [3.05, 3.63) is 96.2 Å². The minimum Gasteiger partial charge on any atom is -0.508 e. The van der Waals surface area contributed by atoms with Gasteiger partial charge in [0, 0.05) is 36.2 Å². The first kappa shape index (κ1) is 21.5. The van der Waals surface area contributed by atoms with E-state index < -0.39 is 0 Å². The van der Waals surface area contributed by atoms with Gasteiger partial charge in [0.1, 0.15) is 11.5 Å². The summed E-state index contributed by atoms with van der Waals surface area (Å²) in [5.74, 6) is 0.760. The van der Waals surface area contributed by atoms with Crippen LogP contribution in [-0.4, -0.2) is 38.6 Å². The van der Waals surface area contributed by atoms with Gasteiger partial charge in [-0.05, 0) is 48.5 Å². The quantitative estimate of drug-likeness (QED) is 0.465. The molecule has 0 unspecified atom stereocenters. The van der Waals surface area contributed by atoms with Crippen molar-refractivity contribution in [2.24, 2.45) is 5.10 Å². The maximum atomic E-state index is 12.6. The summed E-state index contributed by atoms with van der Waals surface area (Å²) in [6.45, 7) is 1.51. The number of para-hydroxylation sites is 1. The standard InChI is InChI=1S/C27H24N4O3/c1-18(32)31-26(16-25(28-31)20-7-6-10-22(33)15-20)24-17-30(21-8-4-3-5-9-21)29-27(24)19-11-13-23(34-2)14-12-19/h3-15,17,26,33H,16H2,1-2H3/t26-/m1/s1. The molecule has 1 atom stereocenters. The highest BCUT2D eigenvalue weighted by molar-refractivity contribution is 6.03. The number of amides is 1. The monoisotopic (exact) mass is 452 g/mol. The number of hydrogen-bond acceptors (Lipinski definition) is 5. The maximum absolute atomic E-state index is 12.6. The van der Waals surface area contributed by atoms with Gasteiger partial charge < -0.3 is 9.84 Å². The van der Waals surface area contributed by atoms with Gasteiger partial charge in [-0.3, -0.25) is 4.79 Å². The summed E-state index contributed by atoms with van der Waals surface area (Å²) < 4.78 is 7.15. The minimum atomic E-state index is -0.329. The molecule has 0 saturated carbocycles. The number of carbonyl (C=O) groups excluding carboxylic acids is 1. The first-order valence-electron chi connectivity index (χ1n) is 11.0. The van der Waals surface area contributed by atoms with Crippen LogP contribution in [0.1, 0.15) is 30.5 Å². The van der Waals surface area contributed by atoms with Crippen LogP contribution in [0.5, 0.6) is 11.5 Å². The van der Waals surface area contributed by atoms with Gasteiger partial charge in [-0.1, -0.05) is 30.3 Å². The zero-order valence-corrected chi connectivity index (χ0v) is 18.9. The first-order chi connectivity index (χ1) is 16.5. The highest BCUT2D eigenvalue weighted by Crippen LogP contribution is 2.38. The summed E-state index contributed by atoms with van der Waals surface area (Å²) in [4.78, 5) is 12.6. The van der Waals surface area contributed by atoms with Crippen LogP contribution in [0.25, 0.3) is 16.9 Å². The summed E-state index contributed by atoms with van der Waals surface area (Å²) >= 11 is 0. The maximum Gasteiger partial charge on any atom is 0.240 e. The molecule has 1 N–H and O–H groups in total. The number of benzene rings is 3. The van der Waals surface area contributed by atoms with E-state index in [1.807, 2.05) is 71.5 Å². The van der Waals surface area contributed by atoms with Gasteiger partial charge in [0.2, 0.25) is 5.91 Å². The number of phenolic OH excluding ortho intramolecular Hbond substituents is 1. The minimum absolute atomic E-state index is 0.159. The van der Waals surface area contributed by atoms with E-state index in [2.05, 4.69) is 5.10 Å². The number of rotatable bonds is 5. The molecule has 1 aliphatic heterocycles. The lowest BCUT2D eigenvalue weighted by atomic mass is 9.96. The second-order valence-electron chi connectivity index (χ2n) is 8.12. The van der Waals surface area contributed by atoms with E-state index in [0.717, 1.165) is 39.5 Å². The molecule has 0 spiro atoms. The summed E-state index contributed by atoms with van der Waals surface area (Å²) in [6, 6.07) is 24.2. The summed E-state index contributed by atoms with van der Waals surface area (Å²) in [6.07, 6.45) is 2.48. The van der Waals surface area contributed by atoms with Crippen molar-refractivity contribution < 1.29 is 14.6 Å². The van der Waals surface area contributed by atoms with Gasteiger partial charge >= 0.3 is 0 Å². The van der Waals surface area contributed by atoms with Gasteiger partial charge in [0.15, 0.2) is 0 Å². The summed E-state index contributed by atoms with van der Waals surface area (Å²) in [7, 11) is 1.63. The Kier molecular flexibility index (Phi) is 5.59. The first-order valence-corrected chi connectivity index (χ1v) is 11.0. The Morgan fingerprint density at radius 3 is 2.44 bits per heavy atom. The van der Waals surface area contributed by atoms with Crippen LogP contribution in [-0.2, 0) is 4.79 Å². The zero-order valence-electron chi connectivity index (χ0n) is 18.9. The number of phenols is 1. The lowest BCUT2D eigenvalue weighted by Gasteiger charge is -2.20. The number of hydrazone groups is 1. The Labute approximate surface area is 197 Å². The van der Waals surface area contributed by atoms with Crippen molar-refractivity contribution >= 4 is 11.6 Å². The van der Waals surface area contributed by atoms with Gasteiger partial charge in [0.05, 0.1) is 30.2 Å². The smallest absolute Gasteiger partial charge is 0.240 e. The zero-order chi connectivity index (χ0) is 23.7. The van der Waals surface area contributed by atoms with Crippen molar-refractivity contribution in [2.75, 3.05) is 7.11 Å². The van der Waals surface area contributed by atoms with Gasteiger partial charge in [-0.2, -0.15) is 10.2 Å². The van der Waals surface area contributed by atoms with Crippen LogP contribution in [0.3, 0.4) is 0 Å². The van der Waals surface area contributed by atoms with E-state index >= 15 is 0 Å². The molecule has 170 valence electrons. The Balaban J connectivity index is 1.61. The number of carbonyl (C=O) groups is 1. The molecule has 1 aliphatic rings. The molecule has 0 radical (unpaired) electrons.